The molecule has 1 aromatic carbocycles. The van der Waals surface area contributed by atoms with Crippen LogP contribution in [-0.4, -0.2) is 17.1 Å². The topological polar surface area (TPSA) is 61.0 Å². The van der Waals surface area contributed by atoms with Gasteiger partial charge in [-0.1, -0.05) is 17.7 Å². The number of methoxy groups -OCH3 is 1. The van der Waals surface area contributed by atoms with Crippen molar-refractivity contribution in [2.45, 2.75) is 6.04 Å². The third-order valence-electron chi connectivity index (χ3n) is 2.46. The van der Waals surface area contributed by atoms with Gasteiger partial charge in [-0.2, -0.15) is 0 Å². The maximum atomic E-state index is 6.10. The van der Waals surface area contributed by atoms with Crippen molar-refractivity contribution >= 4 is 11.6 Å². The minimum Gasteiger partial charge on any atom is -0.495 e. The Labute approximate surface area is 104 Å². The SMILES string of the molecule is COc1cc(C(N)c2ccncn2)ccc1Cl. The van der Waals surface area contributed by atoms with E-state index in [-0.39, 0.29) is 6.04 Å². The zero-order chi connectivity index (χ0) is 12.3. The Morgan fingerprint density at radius 1 is 1.35 bits per heavy atom. The molecule has 1 heterocycles. The highest BCUT2D eigenvalue weighted by Gasteiger charge is 2.12. The fourth-order valence-electron chi connectivity index (χ4n) is 1.53. The van der Waals surface area contributed by atoms with Gasteiger partial charge in [-0.05, 0) is 23.8 Å². The minimum atomic E-state index is -0.316. The second-order valence-electron chi connectivity index (χ2n) is 3.51. The van der Waals surface area contributed by atoms with E-state index in [1.165, 1.54) is 6.33 Å². The van der Waals surface area contributed by atoms with Gasteiger partial charge in [0.1, 0.15) is 12.1 Å². The number of halogens is 1. The highest BCUT2D eigenvalue weighted by atomic mass is 35.5. The van der Waals surface area contributed by atoms with Crippen molar-refractivity contribution in [2.24, 2.45) is 5.73 Å². The first-order valence-corrected chi connectivity index (χ1v) is 5.45. The van der Waals surface area contributed by atoms with Crippen LogP contribution in [0.3, 0.4) is 0 Å². The second kappa shape index (κ2) is 5.12. The van der Waals surface area contributed by atoms with Crippen molar-refractivity contribution in [3.63, 3.8) is 0 Å². The number of hydrogen-bond donors (Lipinski definition) is 1. The molecule has 0 saturated heterocycles. The zero-order valence-electron chi connectivity index (χ0n) is 9.30. The van der Waals surface area contributed by atoms with E-state index in [2.05, 4.69) is 9.97 Å². The lowest BCUT2D eigenvalue weighted by molar-refractivity contribution is 0.414. The van der Waals surface area contributed by atoms with Crippen LogP contribution in [0.2, 0.25) is 5.02 Å². The van der Waals surface area contributed by atoms with E-state index in [0.29, 0.717) is 10.8 Å². The number of rotatable bonds is 3. The van der Waals surface area contributed by atoms with Crippen LogP contribution in [-0.2, 0) is 0 Å². The van der Waals surface area contributed by atoms with E-state index in [1.54, 1.807) is 25.4 Å². The molecule has 88 valence electrons. The molecule has 4 nitrogen and oxygen atoms in total. The molecule has 17 heavy (non-hydrogen) atoms. The predicted molar refractivity (Wildman–Crippen MR) is 66.1 cm³/mol. The predicted octanol–water partition coefficient (Wildman–Crippen LogP) is 2.19. The van der Waals surface area contributed by atoms with Crippen LogP contribution in [0, 0.1) is 0 Å². The molecule has 1 atom stereocenters. The fraction of sp³-hybridized carbons (Fsp3) is 0.167. The molecule has 1 unspecified atom stereocenters. The second-order valence-corrected chi connectivity index (χ2v) is 3.91. The van der Waals surface area contributed by atoms with Gasteiger partial charge in [0.05, 0.1) is 23.9 Å². The van der Waals surface area contributed by atoms with E-state index in [1.807, 2.05) is 12.1 Å². The molecule has 2 aromatic rings. The molecule has 0 aliphatic rings. The number of aromatic nitrogens is 2. The summed E-state index contributed by atoms with van der Waals surface area (Å²) in [6.07, 6.45) is 3.14. The maximum absolute atomic E-state index is 6.10. The molecule has 0 amide bonds. The number of ether oxygens (including phenoxy) is 1. The van der Waals surface area contributed by atoms with Gasteiger partial charge >= 0.3 is 0 Å². The van der Waals surface area contributed by atoms with Crippen molar-refractivity contribution in [3.8, 4) is 5.75 Å². The molecular weight excluding hydrogens is 238 g/mol. The van der Waals surface area contributed by atoms with Gasteiger partial charge in [0.15, 0.2) is 0 Å². The van der Waals surface area contributed by atoms with E-state index >= 15 is 0 Å². The van der Waals surface area contributed by atoms with Crippen molar-refractivity contribution in [1.82, 2.24) is 9.97 Å². The molecule has 2 rings (SSSR count). The smallest absolute Gasteiger partial charge is 0.137 e. The molecule has 0 bridgehead atoms. The normalized spacial score (nSPS) is 12.2. The number of nitrogens with two attached hydrogens (primary N) is 1. The highest BCUT2D eigenvalue weighted by Crippen LogP contribution is 2.28. The van der Waals surface area contributed by atoms with E-state index in [0.717, 1.165) is 11.3 Å². The molecule has 0 radical (unpaired) electrons. The summed E-state index contributed by atoms with van der Waals surface area (Å²) in [4.78, 5) is 7.98. The van der Waals surface area contributed by atoms with Crippen LogP contribution in [0.1, 0.15) is 17.3 Å². The van der Waals surface area contributed by atoms with E-state index in [4.69, 9.17) is 22.1 Å². The third kappa shape index (κ3) is 2.54. The largest absolute Gasteiger partial charge is 0.495 e. The molecule has 2 N–H and O–H groups in total. The van der Waals surface area contributed by atoms with Gasteiger partial charge in [0.2, 0.25) is 0 Å². The summed E-state index contributed by atoms with van der Waals surface area (Å²) in [6, 6.07) is 6.90. The molecule has 0 spiro atoms. The summed E-state index contributed by atoms with van der Waals surface area (Å²) in [7, 11) is 1.57. The first kappa shape index (κ1) is 11.8. The standard InChI is InChI=1S/C12H12ClN3O/c1-17-11-6-8(2-3-9(11)13)12(14)10-4-5-15-7-16-10/h2-7,12H,14H2,1H3. The minimum absolute atomic E-state index is 0.316. The van der Waals surface area contributed by atoms with Gasteiger partial charge in [-0.15, -0.1) is 0 Å². The number of hydrogen-bond acceptors (Lipinski definition) is 4. The van der Waals surface area contributed by atoms with Crippen LogP contribution >= 0.6 is 11.6 Å². The van der Waals surface area contributed by atoms with Gasteiger partial charge in [0, 0.05) is 6.20 Å². The van der Waals surface area contributed by atoms with Crippen LogP contribution in [0.15, 0.2) is 36.8 Å². The number of benzene rings is 1. The molecule has 0 saturated carbocycles. The highest BCUT2D eigenvalue weighted by molar-refractivity contribution is 6.32. The lowest BCUT2D eigenvalue weighted by Crippen LogP contribution is -2.13. The Morgan fingerprint density at radius 3 is 2.82 bits per heavy atom. The summed E-state index contributed by atoms with van der Waals surface area (Å²) < 4.78 is 5.15. The van der Waals surface area contributed by atoms with Crippen molar-refractivity contribution < 1.29 is 4.74 Å². The number of nitrogens with zero attached hydrogens (tertiary/aromatic N) is 2. The summed E-state index contributed by atoms with van der Waals surface area (Å²) in [5, 5.41) is 0.561. The van der Waals surface area contributed by atoms with Crippen LogP contribution in [0.25, 0.3) is 0 Å². The molecule has 5 heteroatoms. The van der Waals surface area contributed by atoms with Crippen LogP contribution in [0.5, 0.6) is 5.75 Å². The fourth-order valence-corrected chi connectivity index (χ4v) is 1.72. The van der Waals surface area contributed by atoms with Gasteiger partial charge in [-0.25, -0.2) is 9.97 Å². The first-order valence-electron chi connectivity index (χ1n) is 5.07. The Balaban J connectivity index is 2.34. The van der Waals surface area contributed by atoms with Gasteiger partial charge in [-0.3, -0.25) is 0 Å². The van der Waals surface area contributed by atoms with E-state index in [9.17, 15) is 0 Å². The van der Waals surface area contributed by atoms with Crippen molar-refractivity contribution in [2.75, 3.05) is 7.11 Å². The van der Waals surface area contributed by atoms with Crippen LogP contribution < -0.4 is 10.5 Å². The Kier molecular flexibility index (Phi) is 3.56. The monoisotopic (exact) mass is 249 g/mol. The lowest BCUT2D eigenvalue weighted by atomic mass is 10.0. The molecular formula is C12H12ClN3O. The third-order valence-corrected chi connectivity index (χ3v) is 2.77. The summed E-state index contributed by atoms with van der Waals surface area (Å²) in [5.41, 5.74) is 7.75. The zero-order valence-corrected chi connectivity index (χ0v) is 10.1. The maximum Gasteiger partial charge on any atom is 0.137 e. The van der Waals surface area contributed by atoms with Crippen LogP contribution in [0.4, 0.5) is 0 Å². The molecule has 0 fully saturated rings. The van der Waals surface area contributed by atoms with Crippen molar-refractivity contribution in [3.05, 3.63) is 53.1 Å². The van der Waals surface area contributed by atoms with E-state index < -0.39 is 0 Å². The van der Waals surface area contributed by atoms with Crippen molar-refractivity contribution in [1.29, 1.82) is 0 Å². The summed E-state index contributed by atoms with van der Waals surface area (Å²) in [5.74, 6) is 0.605. The average molecular weight is 250 g/mol. The quantitative estimate of drug-likeness (QED) is 0.906. The molecule has 0 aliphatic heterocycles. The van der Waals surface area contributed by atoms with Gasteiger partial charge < -0.3 is 10.5 Å². The summed E-state index contributed by atoms with van der Waals surface area (Å²) >= 11 is 5.96. The molecule has 0 aliphatic carbocycles. The Morgan fingerprint density at radius 2 is 2.18 bits per heavy atom. The Hall–Kier alpha value is -1.65. The van der Waals surface area contributed by atoms with Gasteiger partial charge in [0.25, 0.3) is 0 Å². The first-order chi connectivity index (χ1) is 8.22. The lowest BCUT2D eigenvalue weighted by Gasteiger charge is -2.13. The Bertz CT molecular complexity index is 504. The molecule has 1 aromatic heterocycles. The summed E-state index contributed by atoms with van der Waals surface area (Å²) in [6.45, 7) is 0. The average Bonchev–Trinajstić information content (AvgIpc) is 2.39.